The Balaban J connectivity index is 1.49. The van der Waals surface area contributed by atoms with Crippen molar-refractivity contribution in [3.63, 3.8) is 0 Å². The van der Waals surface area contributed by atoms with Gasteiger partial charge in [-0.3, -0.25) is 4.90 Å². The van der Waals surface area contributed by atoms with Crippen LogP contribution < -0.4 is 5.32 Å². The second-order valence-corrected chi connectivity index (χ2v) is 6.01. The van der Waals surface area contributed by atoms with E-state index in [0.717, 1.165) is 17.9 Å². The van der Waals surface area contributed by atoms with Crippen LogP contribution >= 0.6 is 0 Å². The third-order valence-electron chi connectivity index (χ3n) is 4.73. The molecule has 2 aliphatic heterocycles. The Bertz CT molecular complexity index is 364. The molecular formula is C16H24N2. The molecule has 2 aliphatic rings. The van der Waals surface area contributed by atoms with Crippen molar-refractivity contribution in [3.8, 4) is 0 Å². The predicted molar refractivity (Wildman–Crippen MR) is 75.6 cm³/mol. The third kappa shape index (κ3) is 2.60. The van der Waals surface area contributed by atoms with E-state index in [1.165, 1.54) is 44.6 Å². The van der Waals surface area contributed by atoms with Crippen molar-refractivity contribution >= 4 is 0 Å². The van der Waals surface area contributed by atoms with Crippen molar-refractivity contribution in [1.82, 2.24) is 10.2 Å². The maximum atomic E-state index is 3.51. The second-order valence-electron chi connectivity index (χ2n) is 6.01. The van der Waals surface area contributed by atoms with E-state index in [1.54, 1.807) is 0 Å². The van der Waals surface area contributed by atoms with Crippen molar-refractivity contribution in [1.29, 1.82) is 0 Å². The Kier molecular flexibility index (Phi) is 3.67. The summed E-state index contributed by atoms with van der Waals surface area (Å²) in [5.41, 5.74) is 1.48. The summed E-state index contributed by atoms with van der Waals surface area (Å²) in [7, 11) is 0. The number of likely N-dealkylation sites (tertiary alicyclic amines) is 1. The van der Waals surface area contributed by atoms with Crippen LogP contribution in [-0.4, -0.2) is 37.1 Å². The molecule has 1 aromatic carbocycles. The van der Waals surface area contributed by atoms with Gasteiger partial charge in [-0.05, 0) is 50.3 Å². The quantitative estimate of drug-likeness (QED) is 0.873. The normalized spacial score (nSPS) is 29.4. The average Bonchev–Trinajstić information content (AvgIpc) is 2.98. The molecule has 2 saturated heterocycles. The van der Waals surface area contributed by atoms with Gasteiger partial charge in [0.05, 0.1) is 0 Å². The zero-order chi connectivity index (χ0) is 12.4. The van der Waals surface area contributed by atoms with Crippen LogP contribution in [0.2, 0.25) is 0 Å². The molecule has 2 heterocycles. The van der Waals surface area contributed by atoms with Gasteiger partial charge in [-0.25, -0.2) is 0 Å². The number of rotatable bonds is 4. The fourth-order valence-electron chi connectivity index (χ4n) is 3.45. The topological polar surface area (TPSA) is 15.3 Å². The van der Waals surface area contributed by atoms with Gasteiger partial charge < -0.3 is 5.32 Å². The van der Waals surface area contributed by atoms with Crippen molar-refractivity contribution in [2.75, 3.05) is 26.2 Å². The molecule has 3 atom stereocenters. The van der Waals surface area contributed by atoms with Gasteiger partial charge in [0.15, 0.2) is 0 Å². The van der Waals surface area contributed by atoms with Crippen molar-refractivity contribution in [2.45, 2.75) is 25.8 Å². The summed E-state index contributed by atoms with van der Waals surface area (Å²) in [5.74, 6) is 1.84. The highest BCUT2D eigenvalue weighted by Gasteiger charge is 2.37. The fourth-order valence-corrected chi connectivity index (χ4v) is 3.45. The lowest BCUT2D eigenvalue weighted by Crippen LogP contribution is -2.34. The molecule has 0 radical (unpaired) electrons. The number of hydrogen-bond acceptors (Lipinski definition) is 2. The molecule has 1 N–H and O–H groups in total. The highest BCUT2D eigenvalue weighted by molar-refractivity contribution is 5.14. The van der Waals surface area contributed by atoms with Crippen LogP contribution in [0.25, 0.3) is 0 Å². The van der Waals surface area contributed by atoms with Crippen LogP contribution in [0.5, 0.6) is 0 Å². The first-order chi connectivity index (χ1) is 8.83. The number of nitrogens with zero attached hydrogens (tertiary/aromatic N) is 1. The first-order valence-electron chi connectivity index (χ1n) is 7.31. The molecule has 0 spiro atoms. The molecule has 18 heavy (non-hydrogen) atoms. The Labute approximate surface area is 110 Å². The molecule has 0 aromatic heterocycles. The minimum Gasteiger partial charge on any atom is -0.316 e. The van der Waals surface area contributed by atoms with Crippen LogP contribution in [0.15, 0.2) is 30.3 Å². The Morgan fingerprint density at radius 3 is 2.50 bits per heavy atom. The molecule has 2 fully saturated rings. The van der Waals surface area contributed by atoms with E-state index < -0.39 is 0 Å². The lowest BCUT2D eigenvalue weighted by molar-refractivity contribution is 0.230. The molecule has 98 valence electrons. The zero-order valence-corrected chi connectivity index (χ0v) is 11.3. The molecule has 0 saturated carbocycles. The monoisotopic (exact) mass is 244 g/mol. The summed E-state index contributed by atoms with van der Waals surface area (Å²) >= 11 is 0. The number of nitrogens with one attached hydrogen (secondary N) is 1. The summed E-state index contributed by atoms with van der Waals surface area (Å²) in [6.07, 6.45) is 2.50. The molecule has 1 aromatic rings. The van der Waals surface area contributed by atoms with Crippen molar-refractivity contribution < 1.29 is 0 Å². The molecule has 2 heteroatoms. The fraction of sp³-hybridized carbons (Fsp3) is 0.625. The van der Waals surface area contributed by atoms with Crippen molar-refractivity contribution in [2.24, 2.45) is 11.8 Å². The van der Waals surface area contributed by atoms with Gasteiger partial charge >= 0.3 is 0 Å². The third-order valence-corrected chi connectivity index (χ3v) is 4.73. The standard InChI is InChI=1S/C16H24N2/c1-13(7-8-14-5-3-2-4-6-14)18-11-15-9-17-10-16(15)12-18/h2-6,13,15-17H,7-12H2,1H3/t13?,15-,16+. The summed E-state index contributed by atoms with van der Waals surface area (Å²) in [4.78, 5) is 2.71. The van der Waals surface area contributed by atoms with Crippen molar-refractivity contribution in [3.05, 3.63) is 35.9 Å². The van der Waals surface area contributed by atoms with Gasteiger partial charge in [0.25, 0.3) is 0 Å². The van der Waals surface area contributed by atoms with Crippen LogP contribution in [0.4, 0.5) is 0 Å². The molecular weight excluding hydrogens is 220 g/mol. The summed E-state index contributed by atoms with van der Waals surface area (Å²) in [6.45, 7) is 7.51. The van der Waals surface area contributed by atoms with E-state index in [2.05, 4.69) is 47.5 Å². The molecule has 0 bridgehead atoms. The number of hydrogen-bond donors (Lipinski definition) is 1. The Morgan fingerprint density at radius 2 is 1.83 bits per heavy atom. The van der Waals surface area contributed by atoms with E-state index in [4.69, 9.17) is 0 Å². The van der Waals surface area contributed by atoms with E-state index in [1.807, 2.05) is 0 Å². The van der Waals surface area contributed by atoms with Crippen LogP contribution in [0.3, 0.4) is 0 Å². The summed E-state index contributed by atoms with van der Waals surface area (Å²) < 4.78 is 0. The maximum Gasteiger partial charge on any atom is 0.00703 e. The lowest BCUT2D eigenvalue weighted by Gasteiger charge is -2.25. The van der Waals surface area contributed by atoms with Gasteiger partial charge in [0.1, 0.15) is 0 Å². The number of benzene rings is 1. The molecule has 3 rings (SSSR count). The number of aryl methyl sites for hydroxylation is 1. The molecule has 1 unspecified atom stereocenters. The van der Waals surface area contributed by atoms with Crippen LogP contribution in [0, 0.1) is 11.8 Å². The van der Waals surface area contributed by atoms with Gasteiger partial charge in [-0.1, -0.05) is 30.3 Å². The molecule has 2 nitrogen and oxygen atoms in total. The first kappa shape index (κ1) is 12.2. The molecule has 0 amide bonds. The van der Waals surface area contributed by atoms with Gasteiger partial charge in [0.2, 0.25) is 0 Å². The minimum atomic E-state index is 0.732. The lowest BCUT2D eigenvalue weighted by atomic mass is 10.0. The van der Waals surface area contributed by atoms with Crippen LogP contribution in [0.1, 0.15) is 18.9 Å². The van der Waals surface area contributed by atoms with E-state index >= 15 is 0 Å². The van der Waals surface area contributed by atoms with Gasteiger partial charge in [-0.15, -0.1) is 0 Å². The van der Waals surface area contributed by atoms with Gasteiger partial charge in [0, 0.05) is 19.1 Å². The van der Waals surface area contributed by atoms with E-state index in [0.29, 0.717) is 0 Å². The Hall–Kier alpha value is -0.860. The zero-order valence-electron chi connectivity index (χ0n) is 11.3. The second kappa shape index (κ2) is 5.41. The highest BCUT2D eigenvalue weighted by atomic mass is 15.2. The largest absolute Gasteiger partial charge is 0.316 e. The van der Waals surface area contributed by atoms with Gasteiger partial charge in [-0.2, -0.15) is 0 Å². The molecule has 0 aliphatic carbocycles. The maximum absolute atomic E-state index is 3.51. The first-order valence-corrected chi connectivity index (χ1v) is 7.31. The highest BCUT2D eigenvalue weighted by Crippen LogP contribution is 2.28. The number of fused-ring (bicyclic) bond motifs is 1. The summed E-state index contributed by atoms with van der Waals surface area (Å²) in [6, 6.07) is 11.6. The van der Waals surface area contributed by atoms with Crippen LogP contribution in [-0.2, 0) is 6.42 Å². The predicted octanol–water partition coefficient (Wildman–Crippen LogP) is 2.16. The van der Waals surface area contributed by atoms with E-state index in [9.17, 15) is 0 Å². The SMILES string of the molecule is CC(CCc1ccccc1)N1C[C@H]2CNC[C@H]2C1. The van der Waals surface area contributed by atoms with E-state index in [-0.39, 0.29) is 0 Å². The average molecular weight is 244 g/mol. The minimum absolute atomic E-state index is 0.732. The summed E-state index contributed by atoms with van der Waals surface area (Å²) in [5, 5.41) is 3.51. The smallest absolute Gasteiger partial charge is 0.00703 e. The Morgan fingerprint density at radius 1 is 1.17 bits per heavy atom.